The summed E-state index contributed by atoms with van der Waals surface area (Å²) in [7, 11) is -2.42. The average molecular weight is 523 g/mol. The molecule has 2 aromatic carbocycles. The van der Waals surface area contributed by atoms with Crippen molar-refractivity contribution in [2.45, 2.75) is 57.9 Å². The SMILES string of the molecule is Cc1c(NS(=O)(=O)c2cccc(C(=O)N3CC4(C)CC3CC(C)(C)C4)c2)c(=O)n(-c2ccccc2)n1C. The van der Waals surface area contributed by atoms with Crippen molar-refractivity contribution < 1.29 is 13.2 Å². The maximum absolute atomic E-state index is 13.5. The number of nitrogens with zero attached hydrogens (tertiary/aromatic N) is 3. The molecule has 5 rings (SSSR count). The van der Waals surface area contributed by atoms with Crippen LogP contribution in [0.25, 0.3) is 5.69 Å². The largest absolute Gasteiger partial charge is 0.335 e. The van der Waals surface area contributed by atoms with Gasteiger partial charge in [-0.05, 0) is 67.3 Å². The van der Waals surface area contributed by atoms with Gasteiger partial charge >= 0.3 is 0 Å². The number of sulfonamides is 1. The Balaban J connectivity index is 1.44. The average Bonchev–Trinajstić information content (AvgIpc) is 3.21. The fourth-order valence-electron chi connectivity index (χ4n) is 6.54. The lowest BCUT2D eigenvalue weighted by Gasteiger charge is -2.39. The van der Waals surface area contributed by atoms with E-state index in [0.717, 1.165) is 19.3 Å². The first-order valence-electron chi connectivity index (χ1n) is 12.6. The molecule has 1 saturated carbocycles. The standard InChI is InChI=1S/C28H34N4O4S/c1-19-24(26(34)32(30(19)5)21-11-7-6-8-12-21)29-37(35,36)23-13-9-10-20(14-23)25(33)31-18-28(4)16-22(31)15-27(2,3)17-28/h6-14,22,29H,15-18H2,1-5H3. The van der Waals surface area contributed by atoms with Gasteiger partial charge in [-0.25, -0.2) is 13.1 Å². The summed E-state index contributed by atoms with van der Waals surface area (Å²) in [6.45, 7) is 9.11. The molecule has 1 aromatic heterocycles. The lowest BCUT2D eigenvalue weighted by Crippen LogP contribution is -2.37. The number of fused-ring (bicyclic) bond motifs is 2. The third-order valence-corrected chi connectivity index (χ3v) is 9.20. The molecule has 37 heavy (non-hydrogen) atoms. The van der Waals surface area contributed by atoms with Crippen molar-refractivity contribution in [3.05, 3.63) is 76.2 Å². The van der Waals surface area contributed by atoms with Crippen LogP contribution in [0.5, 0.6) is 0 Å². The quantitative estimate of drug-likeness (QED) is 0.540. The van der Waals surface area contributed by atoms with Gasteiger partial charge in [-0.3, -0.25) is 19.0 Å². The highest BCUT2D eigenvalue weighted by atomic mass is 32.2. The van der Waals surface area contributed by atoms with Crippen LogP contribution in [0.4, 0.5) is 5.69 Å². The van der Waals surface area contributed by atoms with E-state index < -0.39 is 15.6 Å². The number of benzene rings is 2. The topological polar surface area (TPSA) is 93.4 Å². The smallest absolute Gasteiger partial charge is 0.296 e. The zero-order valence-electron chi connectivity index (χ0n) is 22.0. The number of aromatic nitrogens is 2. The Morgan fingerprint density at radius 1 is 1.03 bits per heavy atom. The molecule has 2 unspecified atom stereocenters. The molecule has 8 nitrogen and oxygen atoms in total. The molecule has 1 aliphatic heterocycles. The highest BCUT2D eigenvalue weighted by Crippen LogP contribution is 2.52. The Kier molecular flexibility index (Phi) is 5.90. The fraction of sp³-hybridized carbons (Fsp3) is 0.429. The number of likely N-dealkylation sites (tertiary alicyclic amines) is 1. The second-order valence-corrected chi connectivity index (χ2v) is 13.4. The summed E-state index contributed by atoms with van der Waals surface area (Å²) in [5.41, 5.74) is 1.20. The zero-order valence-corrected chi connectivity index (χ0v) is 22.8. The Bertz CT molecular complexity index is 1540. The minimum atomic E-state index is -4.12. The number of carbonyl (C=O) groups excluding carboxylic acids is 1. The number of anilines is 1. The van der Waals surface area contributed by atoms with Crippen LogP contribution in [0, 0.1) is 17.8 Å². The summed E-state index contributed by atoms with van der Waals surface area (Å²) < 4.78 is 32.3. The number of hydrogen-bond donors (Lipinski definition) is 1. The molecule has 9 heteroatoms. The highest BCUT2D eigenvalue weighted by molar-refractivity contribution is 7.92. The summed E-state index contributed by atoms with van der Waals surface area (Å²) in [4.78, 5) is 28.6. The fourth-order valence-corrected chi connectivity index (χ4v) is 7.70. The molecular weight excluding hydrogens is 488 g/mol. The minimum Gasteiger partial charge on any atom is -0.335 e. The Labute approximate surface area is 217 Å². The Morgan fingerprint density at radius 3 is 2.43 bits per heavy atom. The van der Waals surface area contributed by atoms with Crippen LogP contribution in [0.15, 0.2) is 64.3 Å². The van der Waals surface area contributed by atoms with Gasteiger partial charge in [0, 0.05) is 25.2 Å². The lowest BCUT2D eigenvalue weighted by atomic mass is 9.65. The number of rotatable bonds is 5. The normalized spacial score (nSPS) is 22.7. The molecule has 1 saturated heterocycles. The van der Waals surface area contributed by atoms with Crippen LogP contribution in [0.2, 0.25) is 0 Å². The van der Waals surface area contributed by atoms with Gasteiger partial charge in [-0.1, -0.05) is 45.0 Å². The van der Waals surface area contributed by atoms with Crippen molar-refractivity contribution >= 4 is 21.6 Å². The molecule has 1 N–H and O–H groups in total. The van der Waals surface area contributed by atoms with Gasteiger partial charge in [0.2, 0.25) is 0 Å². The van der Waals surface area contributed by atoms with Crippen molar-refractivity contribution in [2.24, 2.45) is 17.9 Å². The molecule has 2 aliphatic rings. The van der Waals surface area contributed by atoms with Crippen molar-refractivity contribution in [2.75, 3.05) is 11.3 Å². The van der Waals surface area contributed by atoms with Gasteiger partial charge in [-0.15, -0.1) is 0 Å². The third kappa shape index (κ3) is 4.50. The van der Waals surface area contributed by atoms with Gasteiger partial charge in [0.15, 0.2) is 0 Å². The second kappa shape index (κ2) is 8.62. The number of amides is 1. The van der Waals surface area contributed by atoms with Crippen LogP contribution < -0.4 is 10.3 Å². The lowest BCUT2D eigenvalue weighted by molar-refractivity contribution is 0.0708. The molecule has 1 aliphatic carbocycles. The summed E-state index contributed by atoms with van der Waals surface area (Å²) in [5.74, 6) is -0.147. The highest BCUT2D eigenvalue weighted by Gasteiger charge is 2.51. The van der Waals surface area contributed by atoms with Gasteiger partial charge < -0.3 is 4.90 Å². The van der Waals surface area contributed by atoms with E-state index in [1.54, 1.807) is 42.9 Å². The van der Waals surface area contributed by atoms with Crippen molar-refractivity contribution in [3.8, 4) is 5.69 Å². The first kappa shape index (κ1) is 25.3. The van der Waals surface area contributed by atoms with Gasteiger partial charge in [-0.2, -0.15) is 0 Å². The first-order valence-corrected chi connectivity index (χ1v) is 14.1. The summed E-state index contributed by atoms with van der Waals surface area (Å²) in [6.07, 6.45) is 2.98. The van der Waals surface area contributed by atoms with Gasteiger partial charge in [0.25, 0.3) is 21.5 Å². The number of hydrogen-bond acceptors (Lipinski definition) is 4. The van der Waals surface area contributed by atoms with Gasteiger partial charge in [0.05, 0.1) is 16.3 Å². The van der Waals surface area contributed by atoms with Crippen molar-refractivity contribution in [1.82, 2.24) is 14.3 Å². The third-order valence-electron chi connectivity index (χ3n) is 7.86. The van der Waals surface area contributed by atoms with Crippen LogP contribution in [0.1, 0.15) is 56.1 Å². The molecule has 2 heterocycles. The van der Waals surface area contributed by atoms with E-state index in [9.17, 15) is 18.0 Å². The molecule has 2 bridgehead atoms. The zero-order chi connectivity index (χ0) is 26.8. The Morgan fingerprint density at radius 2 is 1.73 bits per heavy atom. The van der Waals surface area contributed by atoms with Crippen LogP contribution in [0.3, 0.4) is 0 Å². The summed E-state index contributed by atoms with van der Waals surface area (Å²) in [5, 5.41) is 0. The predicted molar refractivity (Wildman–Crippen MR) is 144 cm³/mol. The number of carbonyl (C=O) groups is 1. The molecule has 0 radical (unpaired) electrons. The van der Waals surface area contributed by atoms with E-state index >= 15 is 0 Å². The summed E-state index contributed by atoms with van der Waals surface area (Å²) in [6, 6.07) is 15.3. The van der Waals surface area contributed by atoms with E-state index in [4.69, 9.17) is 0 Å². The van der Waals surface area contributed by atoms with Crippen LogP contribution in [-0.4, -0.2) is 41.2 Å². The van der Waals surface area contributed by atoms with E-state index in [1.165, 1.54) is 16.8 Å². The van der Waals surface area contributed by atoms with Crippen molar-refractivity contribution in [1.29, 1.82) is 0 Å². The van der Waals surface area contributed by atoms with Gasteiger partial charge in [0.1, 0.15) is 5.69 Å². The minimum absolute atomic E-state index is 0.0217. The number of nitrogens with one attached hydrogen (secondary N) is 1. The molecule has 196 valence electrons. The van der Waals surface area contributed by atoms with Crippen LogP contribution >= 0.6 is 0 Å². The molecule has 2 fully saturated rings. The first-order chi connectivity index (χ1) is 17.3. The molecule has 0 spiro atoms. The van der Waals surface area contributed by atoms with E-state index in [1.807, 2.05) is 23.1 Å². The molecular formula is C28H34N4O4S. The van der Waals surface area contributed by atoms with E-state index in [2.05, 4.69) is 25.5 Å². The van der Waals surface area contributed by atoms with E-state index in [0.29, 0.717) is 23.5 Å². The number of para-hydroxylation sites is 1. The molecule has 1 amide bonds. The van der Waals surface area contributed by atoms with E-state index in [-0.39, 0.29) is 33.4 Å². The summed E-state index contributed by atoms with van der Waals surface area (Å²) >= 11 is 0. The van der Waals surface area contributed by atoms with Crippen molar-refractivity contribution in [3.63, 3.8) is 0 Å². The maximum atomic E-state index is 13.5. The molecule has 3 aromatic rings. The maximum Gasteiger partial charge on any atom is 0.296 e. The Hall–Kier alpha value is -3.33. The predicted octanol–water partition coefficient (Wildman–Crippen LogP) is 4.33. The monoisotopic (exact) mass is 522 g/mol. The molecule has 2 atom stereocenters. The van der Waals surface area contributed by atoms with Crippen LogP contribution in [-0.2, 0) is 17.1 Å². The second-order valence-electron chi connectivity index (χ2n) is 11.7.